The molecule has 3 heterocycles. The molecule has 1 N–H and O–H groups in total. The number of phenols is 1. The molecule has 6 nitrogen and oxygen atoms in total. The molecule has 2 fully saturated rings. The van der Waals surface area contributed by atoms with Crippen LogP contribution in [0.15, 0.2) is 35.0 Å². The van der Waals surface area contributed by atoms with Gasteiger partial charge in [0, 0.05) is 29.8 Å². The Kier molecular flexibility index (Phi) is 5.15. The summed E-state index contributed by atoms with van der Waals surface area (Å²) in [4.78, 5) is 19.9. The fraction of sp³-hybridized carbons (Fsp3) is 0.545. The van der Waals surface area contributed by atoms with Crippen LogP contribution in [0, 0.1) is 11.8 Å². The number of carbonyl (C=O) groups excluding carboxylic acids is 1. The molecule has 6 heteroatoms. The number of hydrogen-bond acceptors (Lipinski definition) is 6. The molecule has 0 amide bonds. The minimum absolute atomic E-state index is 0.0670. The smallest absolute Gasteiger partial charge is 0.337 e. The van der Waals surface area contributed by atoms with Gasteiger partial charge < -0.3 is 14.6 Å². The Balaban J connectivity index is 1.67. The van der Waals surface area contributed by atoms with Crippen LogP contribution in [-0.4, -0.2) is 55.0 Å². The van der Waals surface area contributed by atoms with Gasteiger partial charge in [0.25, 0.3) is 0 Å². The molecular formula is C22H28N2O4. The molecule has 0 saturated carbocycles. The molecule has 0 spiro atoms. The second-order valence-electron chi connectivity index (χ2n) is 7.91. The molecule has 0 bridgehead atoms. The van der Waals surface area contributed by atoms with Gasteiger partial charge in [-0.2, -0.15) is 0 Å². The molecule has 3 aliphatic rings. The molecule has 0 aliphatic carbocycles. The highest BCUT2D eigenvalue weighted by Crippen LogP contribution is 2.49. The first-order chi connectivity index (χ1) is 13.6. The number of rotatable bonds is 4. The van der Waals surface area contributed by atoms with Crippen molar-refractivity contribution in [3.63, 3.8) is 0 Å². The zero-order valence-electron chi connectivity index (χ0n) is 16.7. The van der Waals surface area contributed by atoms with Gasteiger partial charge in [0.1, 0.15) is 5.75 Å². The number of fused-ring (bicyclic) bond motifs is 5. The summed E-state index contributed by atoms with van der Waals surface area (Å²) in [6.45, 7) is 4.08. The lowest BCUT2D eigenvalue weighted by molar-refractivity contribution is -0.137. The molecule has 28 heavy (non-hydrogen) atoms. The minimum atomic E-state index is -0.319. The van der Waals surface area contributed by atoms with Gasteiger partial charge in [-0.05, 0) is 43.4 Å². The van der Waals surface area contributed by atoms with E-state index < -0.39 is 0 Å². The third-order valence-corrected chi connectivity index (χ3v) is 6.61. The minimum Gasteiger partial charge on any atom is -0.508 e. The van der Waals surface area contributed by atoms with Crippen molar-refractivity contribution in [3.8, 4) is 5.75 Å². The first-order valence-electron chi connectivity index (χ1n) is 10.0. The number of methoxy groups -OCH3 is 2. The van der Waals surface area contributed by atoms with E-state index in [1.54, 1.807) is 19.4 Å². The second-order valence-corrected chi connectivity index (χ2v) is 7.91. The molecule has 4 rings (SSSR count). The van der Waals surface area contributed by atoms with Gasteiger partial charge in [-0.15, -0.1) is 0 Å². The normalized spacial score (nSPS) is 29.4. The monoisotopic (exact) mass is 384 g/mol. The number of ether oxygens (including phenoxy) is 2. The van der Waals surface area contributed by atoms with E-state index in [-0.39, 0.29) is 23.8 Å². The second kappa shape index (κ2) is 7.59. The fourth-order valence-corrected chi connectivity index (χ4v) is 5.27. The van der Waals surface area contributed by atoms with Crippen LogP contribution in [0.2, 0.25) is 0 Å². The van der Waals surface area contributed by atoms with Crippen LogP contribution in [-0.2, 0) is 14.3 Å². The van der Waals surface area contributed by atoms with Crippen molar-refractivity contribution in [3.05, 3.63) is 35.6 Å². The van der Waals surface area contributed by atoms with E-state index in [0.717, 1.165) is 49.3 Å². The number of nitrogens with zero attached hydrogens (tertiary/aromatic N) is 2. The van der Waals surface area contributed by atoms with Gasteiger partial charge in [0.2, 0.25) is 0 Å². The van der Waals surface area contributed by atoms with Gasteiger partial charge in [-0.1, -0.05) is 19.4 Å². The summed E-state index contributed by atoms with van der Waals surface area (Å²) in [5, 5.41) is 10.4. The average molecular weight is 384 g/mol. The standard InChI is InChI=1S/C22H28N2O4/c1-4-13-11-24-9-8-14-20-17(6-5-7-19(20)25)23-21(14)18(24)10-15(13)16(12-27-2)22(26)28-3/h5-7,12-15,18,25H,4,8-11H2,1-3H3/b16-12+. The van der Waals surface area contributed by atoms with E-state index in [0.29, 0.717) is 17.2 Å². The van der Waals surface area contributed by atoms with Crippen LogP contribution in [0.3, 0.4) is 0 Å². The number of hydrogen-bond donors (Lipinski definition) is 1. The largest absolute Gasteiger partial charge is 0.508 e. The van der Waals surface area contributed by atoms with E-state index in [1.807, 2.05) is 12.1 Å². The molecule has 1 aromatic carbocycles. The lowest BCUT2D eigenvalue weighted by Crippen LogP contribution is -2.55. The van der Waals surface area contributed by atoms with Crippen molar-refractivity contribution in [1.29, 1.82) is 0 Å². The van der Waals surface area contributed by atoms with Crippen LogP contribution in [0.5, 0.6) is 5.75 Å². The summed E-state index contributed by atoms with van der Waals surface area (Å²) in [5.74, 6) is 0.621. The number of phenolic OH excluding ortho intramolecular Hbond substituents is 1. The van der Waals surface area contributed by atoms with Gasteiger partial charge in [0.05, 0.1) is 31.7 Å². The summed E-state index contributed by atoms with van der Waals surface area (Å²) >= 11 is 0. The number of aliphatic imine (C=N–C) groups is 1. The Bertz CT molecular complexity index is 832. The maximum absolute atomic E-state index is 12.4. The number of piperidine rings is 2. The van der Waals surface area contributed by atoms with Crippen molar-refractivity contribution >= 4 is 17.4 Å². The lowest BCUT2D eigenvalue weighted by atomic mass is 9.71. The van der Waals surface area contributed by atoms with Crippen LogP contribution in [0.25, 0.3) is 0 Å². The highest BCUT2D eigenvalue weighted by atomic mass is 16.5. The first-order valence-corrected chi connectivity index (χ1v) is 10.0. The highest BCUT2D eigenvalue weighted by molar-refractivity contribution is 6.03. The number of aromatic hydroxyl groups is 1. The van der Waals surface area contributed by atoms with Crippen molar-refractivity contribution < 1.29 is 19.4 Å². The van der Waals surface area contributed by atoms with Crippen LogP contribution >= 0.6 is 0 Å². The Morgan fingerprint density at radius 3 is 2.93 bits per heavy atom. The van der Waals surface area contributed by atoms with Gasteiger partial charge in [0.15, 0.2) is 0 Å². The van der Waals surface area contributed by atoms with E-state index in [9.17, 15) is 9.90 Å². The molecule has 0 aromatic heterocycles. The first kappa shape index (κ1) is 19.0. The SMILES string of the molecule is CCC1CN2CCC3C(=Nc4cccc(O)c43)C2CC1/C(=C\OC)C(=O)OC. The maximum atomic E-state index is 12.4. The zero-order valence-corrected chi connectivity index (χ0v) is 16.7. The summed E-state index contributed by atoms with van der Waals surface area (Å²) in [7, 11) is 2.98. The molecular weight excluding hydrogens is 356 g/mol. The van der Waals surface area contributed by atoms with Crippen molar-refractivity contribution in [2.45, 2.75) is 38.1 Å². The number of benzene rings is 1. The van der Waals surface area contributed by atoms with Crippen molar-refractivity contribution in [2.75, 3.05) is 27.3 Å². The molecule has 4 atom stereocenters. The molecule has 2 saturated heterocycles. The molecule has 3 aliphatic heterocycles. The van der Waals surface area contributed by atoms with Crippen LogP contribution in [0.1, 0.15) is 37.7 Å². The summed E-state index contributed by atoms with van der Waals surface area (Å²) < 4.78 is 10.3. The lowest BCUT2D eigenvalue weighted by Gasteiger charge is -2.48. The van der Waals surface area contributed by atoms with Crippen molar-refractivity contribution in [2.24, 2.45) is 16.8 Å². The average Bonchev–Trinajstić information content (AvgIpc) is 3.10. The Hall–Kier alpha value is -2.34. The number of esters is 1. The van der Waals surface area contributed by atoms with E-state index in [1.165, 1.54) is 7.11 Å². The Morgan fingerprint density at radius 2 is 2.21 bits per heavy atom. The third-order valence-electron chi connectivity index (χ3n) is 6.61. The van der Waals surface area contributed by atoms with E-state index in [2.05, 4.69) is 11.8 Å². The predicted octanol–water partition coefficient (Wildman–Crippen LogP) is 3.39. The van der Waals surface area contributed by atoms with Gasteiger partial charge in [-0.25, -0.2) is 4.79 Å². The van der Waals surface area contributed by atoms with E-state index >= 15 is 0 Å². The summed E-state index contributed by atoms with van der Waals surface area (Å²) in [5.41, 5.74) is 3.59. The van der Waals surface area contributed by atoms with Crippen molar-refractivity contribution in [1.82, 2.24) is 4.90 Å². The van der Waals surface area contributed by atoms with Gasteiger partial charge >= 0.3 is 5.97 Å². The fourth-order valence-electron chi connectivity index (χ4n) is 5.27. The topological polar surface area (TPSA) is 71.4 Å². The zero-order chi connectivity index (χ0) is 19.8. The van der Waals surface area contributed by atoms with Crippen LogP contribution < -0.4 is 0 Å². The Labute approximate surface area is 165 Å². The van der Waals surface area contributed by atoms with Crippen LogP contribution in [0.4, 0.5) is 5.69 Å². The summed E-state index contributed by atoms with van der Waals surface area (Å²) in [6, 6.07) is 5.74. The van der Waals surface area contributed by atoms with E-state index in [4.69, 9.17) is 14.5 Å². The summed E-state index contributed by atoms with van der Waals surface area (Å²) in [6.07, 6.45) is 4.32. The predicted molar refractivity (Wildman–Crippen MR) is 107 cm³/mol. The van der Waals surface area contributed by atoms with Gasteiger partial charge in [-0.3, -0.25) is 9.89 Å². The highest BCUT2D eigenvalue weighted by Gasteiger charge is 2.47. The quantitative estimate of drug-likeness (QED) is 0.489. The Morgan fingerprint density at radius 1 is 1.39 bits per heavy atom. The third kappa shape index (κ3) is 3.00. The molecule has 150 valence electrons. The molecule has 1 aromatic rings. The maximum Gasteiger partial charge on any atom is 0.337 e. The number of carbonyl (C=O) groups is 1. The molecule has 0 radical (unpaired) electrons. The molecule has 4 unspecified atom stereocenters.